The third kappa shape index (κ3) is 4.73. The number of rotatable bonds is 6. The number of nitrogens with one attached hydrogen (secondary N) is 2. The molecule has 2 amide bonds. The summed E-state index contributed by atoms with van der Waals surface area (Å²) in [4.78, 5) is 36.2. The molecule has 0 aliphatic rings. The van der Waals surface area contributed by atoms with Crippen LogP contribution in [-0.2, 0) is 5.54 Å². The SMILES string of the molecule is CNC(=O)c1c(-c2ccc(F)cc2)nc2sc(-c3ccnc(C(=O)NC(C)(C)c4ccccc4)c3)cn12. The van der Waals surface area contributed by atoms with Gasteiger partial charge in [-0.2, -0.15) is 0 Å². The van der Waals surface area contributed by atoms with Crippen LogP contribution in [0, 0.1) is 5.82 Å². The Labute approximate surface area is 217 Å². The molecule has 0 spiro atoms. The summed E-state index contributed by atoms with van der Waals surface area (Å²) in [6.07, 6.45) is 3.40. The zero-order valence-corrected chi connectivity index (χ0v) is 21.3. The minimum atomic E-state index is -0.584. The summed E-state index contributed by atoms with van der Waals surface area (Å²) in [5, 5.41) is 5.71. The van der Waals surface area contributed by atoms with Gasteiger partial charge < -0.3 is 10.6 Å². The minimum absolute atomic E-state index is 0.283. The smallest absolute Gasteiger partial charge is 0.270 e. The first-order valence-electron chi connectivity index (χ1n) is 11.6. The second-order valence-electron chi connectivity index (χ2n) is 9.02. The summed E-state index contributed by atoms with van der Waals surface area (Å²) < 4.78 is 15.2. The lowest BCUT2D eigenvalue weighted by Crippen LogP contribution is -2.41. The Hall–Kier alpha value is -4.37. The topological polar surface area (TPSA) is 88.4 Å². The molecule has 3 heterocycles. The molecular weight excluding hydrogens is 489 g/mol. The van der Waals surface area contributed by atoms with E-state index < -0.39 is 5.54 Å². The Balaban J connectivity index is 1.48. The van der Waals surface area contributed by atoms with Gasteiger partial charge in [0.15, 0.2) is 4.96 Å². The first kappa shape index (κ1) is 24.3. The van der Waals surface area contributed by atoms with Gasteiger partial charge >= 0.3 is 0 Å². The number of thiazole rings is 1. The maximum absolute atomic E-state index is 13.4. The van der Waals surface area contributed by atoms with E-state index in [1.165, 1.54) is 23.5 Å². The molecule has 0 radical (unpaired) electrons. The van der Waals surface area contributed by atoms with Crippen LogP contribution in [-0.4, -0.2) is 33.2 Å². The molecule has 2 N–H and O–H groups in total. The van der Waals surface area contributed by atoms with Crippen molar-refractivity contribution in [1.29, 1.82) is 0 Å². The van der Waals surface area contributed by atoms with Gasteiger partial charge in [0.25, 0.3) is 11.8 Å². The number of halogens is 1. The summed E-state index contributed by atoms with van der Waals surface area (Å²) >= 11 is 1.38. The number of pyridine rings is 1. The summed E-state index contributed by atoms with van der Waals surface area (Å²) in [6.45, 7) is 3.88. The Morgan fingerprint density at radius 3 is 2.41 bits per heavy atom. The normalized spacial score (nSPS) is 11.5. The van der Waals surface area contributed by atoms with Crippen molar-refractivity contribution in [3.05, 3.63) is 102 Å². The Bertz CT molecular complexity index is 1610. The Kier molecular flexibility index (Phi) is 6.31. The van der Waals surface area contributed by atoms with Gasteiger partial charge in [0, 0.05) is 25.0 Å². The van der Waals surface area contributed by atoms with Gasteiger partial charge in [-0.3, -0.25) is 19.0 Å². The number of aromatic nitrogens is 3. The molecule has 0 aliphatic carbocycles. The van der Waals surface area contributed by atoms with Crippen molar-refractivity contribution in [3.63, 3.8) is 0 Å². The maximum atomic E-state index is 13.4. The number of hydrogen-bond donors (Lipinski definition) is 2. The molecule has 9 heteroatoms. The highest BCUT2D eigenvalue weighted by molar-refractivity contribution is 7.20. The van der Waals surface area contributed by atoms with Crippen LogP contribution >= 0.6 is 11.3 Å². The molecule has 0 aliphatic heterocycles. The van der Waals surface area contributed by atoms with Gasteiger partial charge in [-0.25, -0.2) is 9.37 Å². The third-order valence-corrected chi connectivity index (χ3v) is 7.12. The van der Waals surface area contributed by atoms with Gasteiger partial charge in [-0.15, -0.1) is 0 Å². The molecule has 5 aromatic rings. The van der Waals surface area contributed by atoms with Gasteiger partial charge in [-0.1, -0.05) is 41.7 Å². The summed E-state index contributed by atoms with van der Waals surface area (Å²) in [7, 11) is 1.55. The van der Waals surface area contributed by atoms with Crippen LogP contribution in [0.3, 0.4) is 0 Å². The Morgan fingerprint density at radius 1 is 0.973 bits per heavy atom. The second kappa shape index (κ2) is 9.59. The molecule has 0 bridgehead atoms. The van der Waals surface area contributed by atoms with Crippen molar-refractivity contribution in [3.8, 4) is 21.7 Å². The molecule has 0 fully saturated rings. The predicted octanol–water partition coefficient (Wildman–Crippen LogP) is 5.29. The van der Waals surface area contributed by atoms with Gasteiger partial charge in [-0.05, 0) is 61.4 Å². The fraction of sp³-hybridized carbons (Fsp3) is 0.143. The number of carbonyl (C=O) groups excluding carboxylic acids is 2. The van der Waals surface area contributed by atoms with E-state index in [4.69, 9.17) is 0 Å². The molecule has 3 aromatic heterocycles. The highest BCUT2D eigenvalue weighted by Gasteiger charge is 2.25. The average molecular weight is 514 g/mol. The highest BCUT2D eigenvalue weighted by atomic mass is 32.1. The zero-order valence-electron chi connectivity index (χ0n) is 20.4. The van der Waals surface area contributed by atoms with Crippen molar-refractivity contribution in [2.75, 3.05) is 7.05 Å². The molecule has 2 aromatic carbocycles. The monoisotopic (exact) mass is 513 g/mol. The molecule has 0 unspecified atom stereocenters. The molecule has 7 nitrogen and oxygen atoms in total. The van der Waals surface area contributed by atoms with E-state index in [1.807, 2.05) is 56.4 Å². The first-order chi connectivity index (χ1) is 17.8. The highest BCUT2D eigenvalue weighted by Crippen LogP contribution is 2.33. The van der Waals surface area contributed by atoms with Gasteiger partial charge in [0.05, 0.1) is 10.4 Å². The van der Waals surface area contributed by atoms with E-state index in [0.717, 1.165) is 16.0 Å². The lowest BCUT2D eigenvalue weighted by atomic mass is 9.94. The second-order valence-corrected chi connectivity index (χ2v) is 10.0. The van der Waals surface area contributed by atoms with E-state index >= 15 is 0 Å². The first-order valence-corrected chi connectivity index (χ1v) is 12.4. The molecule has 0 saturated carbocycles. The average Bonchev–Trinajstić information content (AvgIpc) is 3.47. The maximum Gasteiger partial charge on any atom is 0.270 e. The van der Waals surface area contributed by atoms with Crippen LogP contribution in [0.25, 0.3) is 26.7 Å². The van der Waals surface area contributed by atoms with E-state index in [2.05, 4.69) is 20.6 Å². The predicted molar refractivity (Wildman–Crippen MR) is 142 cm³/mol. The summed E-state index contributed by atoms with van der Waals surface area (Å²) in [5.74, 6) is -0.964. The number of hydrogen-bond acceptors (Lipinski definition) is 5. The van der Waals surface area contributed by atoms with Crippen molar-refractivity contribution in [2.45, 2.75) is 19.4 Å². The van der Waals surface area contributed by atoms with Crippen molar-refractivity contribution in [2.24, 2.45) is 0 Å². The number of imidazole rings is 1. The zero-order chi connectivity index (χ0) is 26.2. The van der Waals surface area contributed by atoms with E-state index in [0.29, 0.717) is 21.9 Å². The van der Waals surface area contributed by atoms with Crippen molar-refractivity contribution in [1.82, 2.24) is 25.0 Å². The quantitative estimate of drug-likeness (QED) is 0.323. The third-order valence-electron chi connectivity index (χ3n) is 6.08. The van der Waals surface area contributed by atoms with E-state index in [1.54, 1.807) is 35.8 Å². The van der Waals surface area contributed by atoms with Gasteiger partial charge in [0.1, 0.15) is 22.9 Å². The van der Waals surface area contributed by atoms with Crippen molar-refractivity contribution >= 4 is 28.1 Å². The van der Waals surface area contributed by atoms with Crippen LogP contribution in [0.5, 0.6) is 0 Å². The van der Waals surface area contributed by atoms with E-state index in [-0.39, 0.29) is 23.3 Å². The number of carbonyl (C=O) groups is 2. The van der Waals surface area contributed by atoms with Crippen LogP contribution in [0.1, 0.15) is 40.4 Å². The number of benzene rings is 2. The number of amides is 2. The van der Waals surface area contributed by atoms with Gasteiger partial charge in [0.2, 0.25) is 0 Å². The summed E-state index contributed by atoms with van der Waals surface area (Å²) in [5.41, 5.74) is 2.92. The van der Waals surface area contributed by atoms with Crippen LogP contribution in [0.4, 0.5) is 4.39 Å². The number of nitrogens with zero attached hydrogens (tertiary/aromatic N) is 3. The molecule has 5 rings (SSSR count). The molecule has 186 valence electrons. The lowest BCUT2D eigenvalue weighted by molar-refractivity contribution is 0.0905. The standard InChI is InChI=1S/C28H24FN5O2S/c1-28(2,19-7-5-4-6-8-19)33-25(35)21-15-18(13-14-31-21)22-16-34-24(26(36)30-3)23(32-27(34)37-22)17-9-11-20(29)12-10-17/h4-16H,1-3H3,(H,30,36)(H,33,35). The molecule has 0 atom stereocenters. The van der Waals surface area contributed by atoms with Crippen LogP contribution in [0.2, 0.25) is 0 Å². The van der Waals surface area contributed by atoms with Crippen LogP contribution in [0.15, 0.2) is 79.1 Å². The fourth-order valence-electron chi connectivity index (χ4n) is 4.11. The Morgan fingerprint density at radius 2 is 1.70 bits per heavy atom. The lowest BCUT2D eigenvalue weighted by Gasteiger charge is -2.26. The largest absolute Gasteiger partial charge is 0.354 e. The summed E-state index contributed by atoms with van der Waals surface area (Å²) in [6, 6.07) is 19.1. The van der Waals surface area contributed by atoms with Crippen LogP contribution < -0.4 is 10.6 Å². The number of fused-ring (bicyclic) bond motifs is 1. The molecule has 37 heavy (non-hydrogen) atoms. The van der Waals surface area contributed by atoms with E-state index in [9.17, 15) is 14.0 Å². The molecular formula is C28H24FN5O2S. The van der Waals surface area contributed by atoms with Crippen molar-refractivity contribution < 1.29 is 14.0 Å². The fourth-order valence-corrected chi connectivity index (χ4v) is 5.09. The molecule has 0 saturated heterocycles. The minimum Gasteiger partial charge on any atom is -0.354 e.